The summed E-state index contributed by atoms with van der Waals surface area (Å²) in [6.07, 6.45) is 2.51. The molecule has 1 aliphatic heterocycles. The molecule has 1 saturated heterocycles. The molecule has 0 bridgehead atoms. The number of pyridine rings is 1. The minimum absolute atomic E-state index is 0.290. The average Bonchev–Trinajstić information content (AvgIpc) is 3.23. The number of hydrogen-bond donors (Lipinski definition) is 3. The number of benzene rings is 2. The minimum Gasteiger partial charge on any atom is -0.508 e. The van der Waals surface area contributed by atoms with Crippen molar-refractivity contribution in [2.24, 2.45) is 0 Å². The van der Waals surface area contributed by atoms with Crippen molar-refractivity contribution in [2.75, 3.05) is 23.3 Å². The van der Waals surface area contributed by atoms with Gasteiger partial charge in [0.1, 0.15) is 17.4 Å². The van der Waals surface area contributed by atoms with Crippen molar-refractivity contribution >= 4 is 17.4 Å². The zero-order valence-electron chi connectivity index (χ0n) is 17.3. The van der Waals surface area contributed by atoms with Crippen LogP contribution in [-0.4, -0.2) is 35.1 Å². The van der Waals surface area contributed by atoms with E-state index in [0.29, 0.717) is 23.5 Å². The van der Waals surface area contributed by atoms with Gasteiger partial charge in [0.15, 0.2) is 0 Å². The average molecular weight is 420 g/mol. The molecular formula is C24H25FN4O2. The van der Waals surface area contributed by atoms with Crippen LogP contribution < -0.4 is 15.5 Å². The van der Waals surface area contributed by atoms with E-state index in [1.807, 2.05) is 25.1 Å². The highest BCUT2D eigenvalue weighted by Gasteiger charge is 2.23. The summed E-state index contributed by atoms with van der Waals surface area (Å²) in [6.45, 7) is 4.28. The van der Waals surface area contributed by atoms with Crippen molar-refractivity contribution in [3.05, 3.63) is 83.3 Å². The van der Waals surface area contributed by atoms with Gasteiger partial charge in [-0.1, -0.05) is 23.8 Å². The van der Waals surface area contributed by atoms with Crippen LogP contribution in [0.2, 0.25) is 0 Å². The van der Waals surface area contributed by atoms with E-state index < -0.39 is 5.82 Å². The Balaban J connectivity index is 1.32. The second kappa shape index (κ2) is 9.14. The van der Waals surface area contributed by atoms with Crippen LogP contribution in [0.25, 0.3) is 0 Å². The molecule has 0 aliphatic carbocycles. The molecule has 3 N–H and O–H groups in total. The lowest BCUT2D eigenvalue weighted by Crippen LogP contribution is -2.32. The summed E-state index contributed by atoms with van der Waals surface area (Å²) in [7, 11) is 0. The first-order valence-corrected chi connectivity index (χ1v) is 10.3. The first kappa shape index (κ1) is 20.8. The molecular weight excluding hydrogens is 395 g/mol. The Hall–Kier alpha value is -3.45. The third-order valence-corrected chi connectivity index (χ3v) is 5.42. The smallest absolute Gasteiger partial charge is 0.257 e. The van der Waals surface area contributed by atoms with Gasteiger partial charge in [-0.15, -0.1) is 0 Å². The van der Waals surface area contributed by atoms with E-state index in [1.54, 1.807) is 24.3 Å². The van der Waals surface area contributed by atoms with Gasteiger partial charge < -0.3 is 20.6 Å². The Morgan fingerprint density at radius 1 is 1.23 bits per heavy atom. The number of aromatic nitrogens is 1. The normalized spacial score (nSPS) is 15.8. The molecule has 4 rings (SSSR count). The molecule has 1 aromatic heterocycles. The molecule has 6 nitrogen and oxygen atoms in total. The fourth-order valence-electron chi connectivity index (χ4n) is 3.72. The van der Waals surface area contributed by atoms with Gasteiger partial charge in [0, 0.05) is 43.1 Å². The number of nitrogens with one attached hydrogen (secondary N) is 2. The molecule has 0 saturated carbocycles. The summed E-state index contributed by atoms with van der Waals surface area (Å²) in [5.74, 6) is 0.386. The van der Waals surface area contributed by atoms with Gasteiger partial charge >= 0.3 is 0 Å². The van der Waals surface area contributed by atoms with Crippen LogP contribution in [-0.2, 0) is 6.54 Å². The maximum absolute atomic E-state index is 13.3. The number of amides is 1. The van der Waals surface area contributed by atoms with E-state index in [0.717, 1.165) is 36.5 Å². The standard InChI is InChI=1S/C24H25FN4O2/c1-16-5-7-22(30)18(11-16)14-26-21-9-10-29(15-21)23-8-6-17(13-27-23)24(31)28-20-4-2-3-19(25)12-20/h2-8,11-13,21,26,30H,9-10,14-15H2,1H3,(H,28,31). The number of halogens is 1. The highest BCUT2D eigenvalue weighted by atomic mass is 19.1. The van der Waals surface area contributed by atoms with E-state index in [2.05, 4.69) is 20.5 Å². The number of rotatable bonds is 6. The second-order valence-corrected chi connectivity index (χ2v) is 7.81. The number of carbonyl (C=O) groups excluding carboxylic acids is 1. The number of hydrogen-bond acceptors (Lipinski definition) is 5. The van der Waals surface area contributed by atoms with Gasteiger partial charge in [0.05, 0.1) is 5.56 Å². The van der Waals surface area contributed by atoms with E-state index in [4.69, 9.17) is 0 Å². The Kier molecular flexibility index (Phi) is 6.13. The van der Waals surface area contributed by atoms with E-state index in [9.17, 15) is 14.3 Å². The lowest BCUT2D eigenvalue weighted by atomic mass is 10.1. The van der Waals surface area contributed by atoms with Crippen LogP contribution in [0.15, 0.2) is 60.8 Å². The Morgan fingerprint density at radius 3 is 2.87 bits per heavy atom. The Bertz CT molecular complexity index is 1070. The number of carbonyl (C=O) groups is 1. The molecule has 1 atom stereocenters. The maximum atomic E-state index is 13.3. The molecule has 2 aromatic carbocycles. The highest BCUT2D eigenvalue weighted by Crippen LogP contribution is 2.21. The fraction of sp³-hybridized carbons (Fsp3) is 0.250. The van der Waals surface area contributed by atoms with Gasteiger partial charge in [-0.25, -0.2) is 9.37 Å². The van der Waals surface area contributed by atoms with Gasteiger partial charge in [-0.3, -0.25) is 4.79 Å². The molecule has 1 amide bonds. The van der Waals surface area contributed by atoms with Crippen LogP contribution in [0.5, 0.6) is 5.75 Å². The molecule has 1 aliphatic rings. The quantitative estimate of drug-likeness (QED) is 0.565. The molecule has 2 heterocycles. The highest BCUT2D eigenvalue weighted by molar-refractivity contribution is 6.04. The number of nitrogens with zero attached hydrogens (tertiary/aromatic N) is 2. The summed E-state index contributed by atoms with van der Waals surface area (Å²) in [4.78, 5) is 19.0. The lowest BCUT2D eigenvalue weighted by molar-refractivity contribution is 0.102. The summed E-state index contributed by atoms with van der Waals surface area (Å²) in [5, 5.41) is 16.2. The van der Waals surface area contributed by atoms with Crippen molar-refractivity contribution < 1.29 is 14.3 Å². The van der Waals surface area contributed by atoms with E-state index in [-0.39, 0.29) is 11.9 Å². The van der Waals surface area contributed by atoms with Gasteiger partial charge in [0.2, 0.25) is 0 Å². The number of aryl methyl sites for hydroxylation is 1. The number of phenols is 1. The van der Waals surface area contributed by atoms with Gasteiger partial charge in [0.25, 0.3) is 5.91 Å². The van der Waals surface area contributed by atoms with Crippen LogP contribution in [0, 0.1) is 12.7 Å². The monoisotopic (exact) mass is 420 g/mol. The summed E-state index contributed by atoms with van der Waals surface area (Å²) in [6, 6.07) is 15.2. The van der Waals surface area contributed by atoms with Crippen LogP contribution in [0.1, 0.15) is 27.9 Å². The fourth-order valence-corrected chi connectivity index (χ4v) is 3.72. The minimum atomic E-state index is -0.402. The first-order chi connectivity index (χ1) is 15.0. The summed E-state index contributed by atoms with van der Waals surface area (Å²) in [5.41, 5.74) is 2.83. The van der Waals surface area contributed by atoms with E-state index >= 15 is 0 Å². The molecule has 31 heavy (non-hydrogen) atoms. The molecule has 0 radical (unpaired) electrons. The third kappa shape index (κ3) is 5.19. The first-order valence-electron chi connectivity index (χ1n) is 10.3. The van der Waals surface area contributed by atoms with Gasteiger partial charge in [-0.2, -0.15) is 0 Å². The largest absolute Gasteiger partial charge is 0.508 e. The number of anilines is 2. The Labute approximate surface area is 180 Å². The van der Waals surface area contributed by atoms with Crippen molar-refractivity contribution in [3.8, 4) is 5.75 Å². The zero-order valence-corrected chi connectivity index (χ0v) is 17.3. The molecule has 0 spiro atoms. The van der Waals surface area contributed by atoms with Crippen LogP contribution >= 0.6 is 0 Å². The van der Waals surface area contributed by atoms with Crippen LogP contribution in [0.4, 0.5) is 15.9 Å². The van der Waals surface area contributed by atoms with Gasteiger partial charge in [-0.05, 0) is 49.7 Å². The molecule has 160 valence electrons. The summed E-state index contributed by atoms with van der Waals surface area (Å²) < 4.78 is 13.3. The van der Waals surface area contributed by atoms with E-state index in [1.165, 1.54) is 18.3 Å². The topological polar surface area (TPSA) is 77.5 Å². The maximum Gasteiger partial charge on any atom is 0.257 e. The number of phenolic OH excluding ortho intramolecular Hbond substituents is 1. The Morgan fingerprint density at radius 2 is 2.10 bits per heavy atom. The zero-order chi connectivity index (χ0) is 21.8. The molecule has 7 heteroatoms. The van der Waals surface area contributed by atoms with Crippen molar-refractivity contribution in [2.45, 2.75) is 25.9 Å². The van der Waals surface area contributed by atoms with Crippen molar-refractivity contribution in [3.63, 3.8) is 0 Å². The predicted molar refractivity (Wildman–Crippen MR) is 119 cm³/mol. The van der Waals surface area contributed by atoms with Crippen molar-refractivity contribution in [1.82, 2.24) is 10.3 Å². The van der Waals surface area contributed by atoms with Crippen LogP contribution in [0.3, 0.4) is 0 Å². The molecule has 3 aromatic rings. The molecule has 1 unspecified atom stereocenters. The molecule has 1 fully saturated rings. The van der Waals surface area contributed by atoms with Crippen molar-refractivity contribution in [1.29, 1.82) is 0 Å². The number of aromatic hydroxyl groups is 1. The summed E-state index contributed by atoms with van der Waals surface area (Å²) >= 11 is 0. The SMILES string of the molecule is Cc1ccc(O)c(CNC2CCN(c3ccc(C(=O)Nc4cccc(F)c4)cn3)C2)c1. The second-order valence-electron chi connectivity index (χ2n) is 7.81. The lowest BCUT2D eigenvalue weighted by Gasteiger charge is -2.18. The predicted octanol–water partition coefficient (Wildman–Crippen LogP) is 3.86. The third-order valence-electron chi connectivity index (χ3n) is 5.42.